The Morgan fingerprint density at radius 2 is 2.07 bits per heavy atom. The minimum atomic E-state index is -0.727. The molecule has 1 fully saturated rings. The molecule has 2 unspecified atom stereocenters. The molecule has 2 amide bonds. The van der Waals surface area contributed by atoms with Gasteiger partial charge >= 0.3 is 0 Å². The number of ether oxygens (including phenoxy) is 1. The van der Waals surface area contributed by atoms with Gasteiger partial charge in [0.15, 0.2) is 5.78 Å². The van der Waals surface area contributed by atoms with Crippen LogP contribution in [-0.2, 0) is 14.3 Å². The molecule has 2 rings (SSSR count). The monoisotopic (exact) mass is 409 g/mol. The standard InChI is InChI=1S/C20H31N3O4S/c1-20(2,3)10-14(21-18(25)13-7-9-28-12-13)19(26)22-17-15(24)11-27-16(17)6-8-23(4)5/h7,9,12,14,16-17H,6,8,10-11H2,1-5H3,(H,21,25)(H,22,26)/t14-,16?,17?/m0/s1. The van der Waals surface area contributed by atoms with E-state index in [0.717, 1.165) is 6.54 Å². The molecule has 0 saturated carbocycles. The smallest absolute Gasteiger partial charge is 0.252 e. The van der Waals surface area contributed by atoms with E-state index in [1.54, 1.807) is 11.4 Å². The van der Waals surface area contributed by atoms with E-state index in [2.05, 4.69) is 10.6 Å². The summed E-state index contributed by atoms with van der Waals surface area (Å²) >= 11 is 1.42. The van der Waals surface area contributed by atoms with Crippen LogP contribution in [0.5, 0.6) is 0 Å². The van der Waals surface area contributed by atoms with Gasteiger partial charge in [0.25, 0.3) is 5.91 Å². The van der Waals surface area contributed by atoms with E-state index in [0.29, 0.717) is 18.4 Å². The molecule has 7 nitrogen and oxygen atoms in total. The van der Waals surface area contributed by atoms with E-state index in [1.807, 2.05) is 45.1 Å². The highest BCUT2D eigenvalue weighted by Gasteiger charge is 2.38. The fraction of sp³-hybridized carbons (Fsp3) is 0.650. The molecule has 2 N–H and O–H groups in total. The van der Waals surface area contributed by atoms with Crippen molar-refractivity contribution in [1.29, 1.82) is 0 Å². The van der Waals surface area contributed by atoms with Gasteiger partial charge in [0.1, 0.15) is 18.7 Å². The first-order valence-electron chi connectivity index (χ1n) is 9.49. The Bertz CT molecular complexity index is 682. The van der Waals surface area contributed by atoms with Crippen molar-refractivity contribution < 1.29 is 19.1 Å². The molecule has 1 aromatic heterocycles. The maximum atomic E-state index is 13.0. The normalized spacial score (nSPS) is 21.0. The zero-order chi connectivity index (χ0) is 20.9. The number of rotatable bonds is 8. The van der Waals surface area contributed by atoms with Crippen LogP contribution in [0, 0.1) is 5.41 Å². The van der Waals surface area contributed by atoms with Crippen LogP contribution in [0.2, 0.25) is 0 Å². The zero-order valence-corrected chi connectivity index (χ0v) is 18.1. The van der Waals surface area contributed by atoms with Crippen LogP contribution in [0.3, 0.4) is 0 Å². The number of carbonyl (C=O) groups is 3. The predicted molar refractivity (Wildman–Crippen MR) is 109 cm³/mol. The number of amides is 2. The number of thiophene rings is 1. The number of ketones is 1. The molecule has 28 heavy (non-hydrogen) atoms. The minimum Gasteiger partial charge on any atom is -0.368 e. The van der Waals surface area contributed by atoms with Gasteiger partial charge in [0.2, 0.25) is 5.91 Å². The quantitative estimate of drug-likeness (QED) is 0.682. The summed E-state index contributed by atoms with van der Waals surface area (Å²) in [6.45, 7) is 6.79. The average molecular weight is 410 g/mol. The summed E-state index contributed by atoms with van der Waals surface area (Å²) in [6, 6.07) is 0.320. The summed E-state index contributed by atoms with van der Waals surface area (Å²) < 4.78 is 5.57. The molecule has 156 valence electrons. The first-order valence-corrected chi connectivity index (χ1v) is 10.4. The lowest BCUT2D eigenvalue weighted by Crippen LogP contribution is -2.54. The Kier molecular flexibility index (Phi) is 7.74. The second kappa shape index (κ2) is 9.62. The highest BCUT2D eigenvalue weighted by Crippen LogP contribution is 2.22. The Morgan fingerprint density at radius 3 is 2.64 bits per heavy atom. The van der Waals surface area contributed by atoms with Gasteiger partial charge in [-0.1, -0.05) is 20.8 Å². The van der Waals surface area contributed by atoms with E-state index >= 15 is 0 Å². The highest BCUT2D eigenvalue weighted by atomic mass is 32.1. The van der Waals surface area contributed by atoms with Crippen LogP contribution in [0.1, 0.15) is 44.0 Å². The summed E-state index contributed by atoms with van der Waals surface area (Å²) in [5, 5.41) is 9.22. The van der Waals surface area contributed by atoms with Crippen molar-refractivity contribution in [1.82, 2.24) is 15.5 Å². The van der Waals surface area contributed by atoms with Crippen molar-refractivity contribution >= 4 is 28.9 Å². The molecule has 0 bridgehead atoms. The number of nitrogens with zero attached hydrogens (tertiary/aromatic N) is 1. The number of hydrogen-bond donors (Lipinski definition) is 2. The van der Waals surface area contributed by atoms with Gasteiger partial charge in [-0.2, -0.15) is 11.3 Å². The number of carbonyl (C=O) groups excluding carboxylic acids is 3. The van der Waals surface area contributed by atoms with Gasteiger partial charge < -0.3 is 20.3 Å². The van der Waals surface area contributed by atoms with Crippen LogP contribution < -0.4 is 10.6 Å². The first kappa shape index (κ1) is 22.5. The van der Waals surface area contributed by atoms with Crippen LogP contribution >= 0.6 is 11.3 Å². The third-order valence-corrected chi connectivity index (χ3v) is 5.22. The Hall–Kier alpha value is -1.77. The molecule has 1 aliphatic rings. The topological polar surface area (TPSA) is 87.7 Å². The zero-order valence-electron chi connectivity index (χ0n) is 17.3. The van der Waals surface area contributed by atoms with Crippen LogP contribution in [-0.4, -0.2) is 67.9 Å². The third-order valence-electron chi connectivity index (χ3n) is 4.54. The van der Waals surface area contributed by atoms with Gasteiger partial charge in [-0.15, -0.1) is 0 Å². The number of nitrogens with one attached hydrogen (secondary N) is 2. The van der Waals surface area contributed by atoms with E-state index in [1.165, 1.54) is 11.3 Å². The summed E-state index contributed by atoms with van der Waals surface area (Å²) in [4.78, 5) is 39.7. The van der Waals surface area contributed by atoms with E-state index in [4.69, 9.17) is 4.74 Å². The van der Waals surface area contributed by atoms with E-state index < -0.39 is 12.1 Å². The van der Waals surface area contributed by atoms with Gasteiger partial charge in [0.05, 0.1) is 11.7 Å². The third kappa shape index (κ3) is 6.68. The Labute approximate surface area is 170 Å². The summed E-state index contributed by atoms with van der Waals surface area (Å²) in [5.41, 5.74) is 0.352. The molecule has 8 heteroatoms. The first-order chi connectivity index (χ1) is 13.1. The second-order valence-electron chi connectivity index (χ2n) is 8.70. The molecule has 1 aromatic rings. The molecule has 0 aromatic carbocycles. The molecule has 1 saturated heterocycles. The largest absolute Gasteiger partial charge is 0.368 e. The lowest BCUT2D eigenvalue weighted by Gasteiger charge is -2.28. The van der Waals surface area contributed by atoms with Gasteiger partial charge in [-0.3, -0.25) is 14.4 Å². The molecule has 0 spiro atoms. The second-order valence-corrected chi connectivity index (χ2v) is 9.48. The van der Waals surface area contributed by atoms with E-state index in [-0.39, 0.29) is 35.7 Å². The predicted octanol–water partition coefficient (Wildman–Crippen LogP) is 1.69. The van der Waals surface area contributed by atoms with Crippen molar-refractivity contribution in [2.75, 3.05) is 27.2 Å². The van der Waals surface area contributed by atoms with Crippen molar-refractivity contribution in [3.05, 3.63) is 22.4 Å². The summed E-state index contributed by atoms with van der Waals surface area (Å²) in [7, 11) is 3.90. The molecule has 0 aliphatic carbocycles. The molecule has 3 atom stereocenters. The number of Topliss-reactive ketones (excluding diaryl/α,β-unsaturated/α-hetero) is 1. The molecular formula is C20H31N3O4S. The van der Waals surface area contributed by atoms with Gasteiger partial charge in [-0.05, 0) is 43.8 Å². The van der Waals surface area contributed by atoms with Crippen LogP contribution in [0.15, 0.2) is 16.8 Å². The fourth-order valence-electron chi connectivity index (χ4n) is 3.10. The lowest BCUT2D eigenvalue weighted by atomic mass is 9.87. The van der Waals surface area contributed by atoms with Gasteiger partial charge in [0, 0.05) is 11.9 Å². The van der Waals surface area contributed by atoms with Crippen molar-refractivity contribution in [3.63, 3.8) is 0 Å². The van der Waals surface area contributed by atoms with Crippen molar-refractivity contribution in [2.24, 2.45) is 5.41 Å². The van der Waals surface area contributed by atoms with Crippen molar-refractivity contribution in [3.8, 4) is 0 Å². The average Bonchev–Trinajstić information content (AvgIpc) is 3.22. The van der Waals surface area contributed by atoms with Gasteiger partial charge in [-0.25, -0.2) is 0 Å². The lowest BCUT2D eigenvalue weighted by molar-refractivity contribution is -0.128. The molecule has 0 radical (unpaired) electrons. The maximum Gasteiger partial charge on any atom is 0.252 e. The molecule has 1 aliphatic heterocycles. The van der Waals surface area contributed by atoms with Crippen LogP contribution in [0.4, 0.5) is 0 Å². The van der Waals surface area contributed by atoms with Crippen molar-refractivity contribution in [2.45, 2.75) is 51.8 Å². The summed E-state index contributed by atoms with van der Waals surface area (Å²) in [5.74, 6) is -0.767. The molecular weight excluding hydrogens is 378 g/mol. The maximum absolute atomic E-state index is 13.0. The number of hydrogen-bond acceptors (Lipinski definition) is 6. The van der Waals surface area contributed by atoms with Crippen LogP contribution in [0.25, 0.3) is 0 Å². The van der Waals surface area contributed by atoms with E-state index in [9.17, 15) is 14.4 Å². The highest BCUT2D eigenvalue weighted by molar-refractivity contribution is 7.08. The molecule has 2 heterocycles. The Balaban J connectivity index is 2.07. The Morgan fingerprint density at radius 1 is 1.36 bits per heavy atom. The fourth-order valence-corrected chi connectivity index (χ4v) is 3.74. The summed E-state index contributed by atoms with van der Waals surface area (Å²) in [6.07, 6.45) is 0.759. The SMILES string of the molecule is CN(C)CCC1OCC(=O)C1NC(=O)[C@H](CC(C)(C)C)NC(=O)c1ccsc1. The minimum absolute atomic E-state index is 0.00818.